The predicted molar refractivity (Wildman–Crippen MR) is 81.8 cm³/mol. The van der Waals surface area contributed by atoms with E-state index in [2.05, 4.69) is 35.6 Å². The molecule has 1 aliphatic rings. The van der Waals surface area contributed by atoms with Crippen LogP contribution in [0.5, 0.6) is 0 Å². The molecule has 1 aromatic heterocycles. The van der Waals surface area contributed by atoms with Gasteiger partial charge >= 0.3 is 5.95 Å². The first kappa shape index (κ1) is 13.1. The van der Waals surface area contributed by atoms with Gasteiger partial charge in [0.1, 0.15) is 5.70 Å². The number of aromatic nitrogens is 2. The summed E-state index contributed by atoms with van der Waals surface area (Å²) in [6, 6.07) is 8.17. The van der Waals surface area contributed by atoms with E-state index in [1.54, 1.807) is 6.20 Å². The highest BCUT2D eigenvalue weighted by Gasteiger charge is 2.31. The Morgan fingerprint density at radius 3 is 2.70 bits per heavy atom. The summed E-state index contributed by atoms with van der Waals surface area (Å²) in [5.41, 5.74) is 3.83. The Morgan fingerprint density at radius 1 is 1.25 bits per heavy atom. The van der Waals surface area contributed by atoms with Gasteiger partial charge < -0.3 is 5.21 Å². The van der Waals surface area contributed by atoms with Crippen molar-refractivity contribution in [2.75, 3.05) is 6.54 Å². The molecule has 1 aliphatic heterocycles. The van der Waals surface area contributed by atoms with Crippen molar-refractivity contribution in [2.24, 2.45) is 0 Å². The fraction of sp³-hybridized carbons (Fsp3) is 0.312. The van der Waals surface area contributed by atoms with Gasteiger partial charge in [0.2, 0.25) is 0 Å². The van der Waals surface area contributed by atoms with Gasteiger partial charge in [-0.3, -0.25) is 9.63 Å². The van der Waals surface area contributed by atoms with Crippen molar-refractivity contribution in [1.29, 1.82) is 0 Å². The number of imidazole rings is 1. The van der Waals surface area contributed by atoms with Crippen LogP contribution in [0.1, 0.15) is 24.8 Å². The molecule has 0 bridgehead atoms. The van der Waals surface area contributed by atoms with Gasteiger partial charge in [0.15, 0.2) is 0 Å². The quantitative estimate of drug-likeness (QED) is 0.664. The first-order valence-corrected chi connectivity index (χ1v) is 6.99. The number of piperidine rings is 1. The highest BCUT2D eigenvalue weighted by molar-refractivity contribution is 5.61. The van der Waals surface area contributed by atoms with Crippen LogP contribution in [0.25, 0.3) is 11.3 Å². The molecule has 1 N–H and O–H groups in total. The molecular formula is C16H19N3O. The van der Waals surface area contributed by atoms with E-state index in [1.807, 2.05) is 12.1 Å². The van der Waals surface area contributed by atoms with E-state index < -0.39 is 4.65 Å². The summed E-state index contributed by atoms with van der Waals surface area (Å²) < 4.78 is -0.508. The van der Waals surface area contributed by atoms with Crippen LogP contribution in [0, 0.1) is 12.1 Å². The predicted octanol–water partition coefficient (Wildman–Crippen LogP) is 3.89. The molecule has 0 radical (unpaired) electrons. The van der Waals surface area contributed by atoms with Crippen molar-refractivity contribution < 1.29 is 0 Å². The zero-order valence-electron chi connectivity index (χ0n) is 11.7. The minimum atomic E-state index is -0.508. The highest BCUT2D eigenvalue weighted by atomic mass is 16.6. The molecule has 0 saturated carbocycles. The minimum absolute atomic E-state index is 0.449. The van der Waals surface area contributed by atoms with Crippen molar-refractivity contribution in [1.82, 2.24) is 14.6 Å². The van der Waals surface area contributed by atoms with Crippen LogP contribution < -0.4 is 4.65 Å². The number of nitrogens with one attached hydrogen (secondary N) is 1. The molecule has 0 amide bonds. The molecule has 1 saturated heterocycles. The lowest BCUT2D eigenvalue weighted by atomic mass is 10.1. The van der Waals surface area contributed by atoms with Crippen LogP contribution >= 0.6 is 0 Å². The lowest BCUT2D eigenvalue weighted by Crippen LogP contribution is -2.45. The average molecular weight is 269 g/mol. The largest absolute Gasteiger partial charge is 0.620 e. The standard InChI is InChI=1S/C16H19N3O/c1-12-6-8-14(9-7-12)15-11-17-16(18-15)19(20)10-4-3-5-13(19)2/h6-9,11H,2-5,10H2,1H3,(H,17,18). The number of hydrogen-bond donors (Lipinski definition) is 1. The lowest BCUT2D eigenvalue weighted by molar-refractivity contribution is 0.362. The second-order valence-electron chi connectivity index (χ2n) is 5.47. The normalized spacial score (nSPS) is 23.0. The number of aromatic amines is 1. The first-order chi connectivity index (χ1) is 9.59. The molecule has 104 valence electrons. The number of nitrogens with zero attached hydrogens (tertiary/aromatic N) is 2. The molecule has 2 heterocycles. The summed E-state index contributed by atoms with van der Waals surface area (Å²) in [4.78, 5) is 7.48. The summed E-state index contributed by atoms with van der Waals surface area (Å²) in [7, 11) is 0. The number of aryl methyl sites for hydroxylation is 1. The van der Waals surface area contributed by atoms with Gasteiger partial charge in [-0.2, -0.15) is 4.98 Å². The molecule has 0 spiro atoms. The number of allylic oxidation sites excluding steroid dienone is 1. The third-order valence-electron chi connectivity index (χ3n) is 3.97. The second kappa shape index (κ2) is 4.89. The van der Waals surface area contributed by atoms with E-state index in [1.165, 1.54) is 5.56 Å². The number of H-pyrrole nitrogens is 1. The third kappa shape index (κ3) is 2.17. The smallest absolute Gasteiger partial charge is 0.311 e. The van der Waals surface area contributed by atoms with E-state index in [9.17, 15) is 5.21 Å². The van der Waals surface area contributed by atoms with Crippen molar-refractivity contribution in [3.63, 3.8) is 0 Å². The van der Waals surface area contributed by atoms with Gasteiger partial charge in [0.05, 0.1) is 18.4 Å². The molecule has 0 aliphatic carbocycles. The molecule has 1 unspecified atom stereocenters. The minimum Gasteiger partial charge on any atom is -0.620 e. The Morgan fingerprint density at radius 2 is 2.00 bits per heavy atom. The Bertz CT molecular complexity index is 629. The number of hydroxylamine groups is 2. The maximum atomic E-state index is 12.9. The highest BCUT2D eigenvalue weighted by Crippen LogP contribution is 2.33. The summed E-state index contributed by atoms with van der Waals surface area (Å²) in [6.45, 7) is 6.52. The van der Waals surface area contributed by atoms with E-state index in [0.29, 0.717) is 18.2 Å². The van der Waals surface area contributed by atoms with Crippen LogP contribution in [-0.4, -0.2) is 16.5 Å². The Hall–Kier alpha value is -1.91. The van der Waals surface area contributed by atoms with Gasteiger partial charge in [0.25, 0.3) is 0 Å². The fourth-order valence-electron chi connectivity index (χ4n) is 2.63. The van der Waals surface area contributed by atoms with Crippen molar-refractivity contribution in [2.45, 2.75) is 26.2 Å². The van der Waals surface area contributed by atoms with Crippen LogP contribution in [0.4, 0.5) is 5.95 Å². The van der Waals surface area contributed by atoms with Gasteiger partial charge in [-0.1, -0.05) is 29.8 Å². The molecule has 2 aromatic rings. The van der Waals surface area contributed by atoms with Crippen molar-refractivity contribution in [3.8, 4) is 11.3 Å². The molecule has 1 fully saturated rings. The van der Waals surface area contributed by atoms with E-state index >= 15 is 0 Å². The Labute approximate surface area is 118 Å². The molecule has 1 atom stereocenters. The lowest BCUT2D eigenvalue weighted by Gasteiger charge is -2.42. The molecule has 4 nitrogen and oxygen atoms in total. The van der Waals surface area contributed by atoms with E-state index in [4.69, 9.17) is 0 Å². The van der Waals surface area contributed by atoms with Crippen molar-refractivity contribution in [3.05, 3.63) is 53.5 Å². The Balaban J connectivity index is 1.93. The van der Waals surface area contributed by atoms with E-state index in [0.717, 1.165) is 30.5 Å². The molecule has 4 heteroatoms. The molecular weight excluding hydrogens is 250 g/mol. The number of hydrogen-bond acceptors (Lipinski definition) is 2. The summed E-state index contributed by atoms with van der Waals surface area (Å²) in [6.07, 6.45) is 4.49. The summed E-state index contributed by atoms with van der Waals surface area (Å²) in [5.74, 6) is 0.449. The summed E-state index contributed by atoms with van der Waals surface area (Å²) >= 11 is 0. The zero-order chi connectivity index (χ0) is 14.2. The second-order valence-corrected chi connectivity index (χ2v) is 5.47. The van der Waals surface area contributed by atoms with E-state index in [-0.39, 0.29) is 0 Å². The topological polar surface area (TPSA) is 51.7 Å². The SMILES string of the molecule is C=C1CCCC[N+]1([O-])c1ncc(-c2ccc(C)cc2)[nH]1. The third-order valence-corrected chi connectivity index (χ3v) is 3.97. The monoisotopic (exact) mass is 269 g/mol. The number of rotatable bonds is 2. The van der Waals surface area contributed by atoms with Crippen LogP contribution in [0.15, 0.2) is 42.7 Å². The van der Waals surface area contributed by atoms with Crippen molar-refractivity contribution >= 4 is 5.95 Å². The average Bonchev–Trinajstić information content (AvgIpc) is 2.93. The number of quaternary nitrogens is 1. The molecule has 20 heavy (non-hydrogen) atoms. The Kier molecular flexibility index (Phi) is 3.20. The van der Waals surface area contributed by atoms with Gasteiger partial charge in [-0.05, 0) is 31.9 Å². The van der Waals surface area contributed by atoms with Gasteiger partial charge in [0, 0.05) is 6.42 Å². The van der Waals surface area contributed by atoms with Crippen LogP contribution in [-0.2, 0) is 0 Å². The molecule has 3 rings (SSSR count). The van der Waals surface area contributed by atoms with Gasteiger partial charge in [-0.25, -0.2) is 0 Å². The summed E-state index contributed by atoms with van der Waals surface area (Å²) in [5, 5.41) is 12.9. The molecule has 1 aromatic carbocycles. The van der Waals surface area contributed by atoms with Crippen LogP contribution in [0.2, 0.25) is 0 Å². The first-order valence-electron chi connectivity index (χ1n) is 6.99. The van der Waals surface area contributed by atoms with Crippen LogP contribution in [0.3, 0.4) is 0 Å². The maximum Gasteiger partial charge on any atom is 0.311 e. The maximum absolute atomic E-state index is 12.9. The fourth-order valence-corrected chi connectivity index (χ4v) is 2.63. The van der Waals surface area contributed by atoms with Gasteiger partial charge in [-0.15, -0.1) is 0 Å². The number of benzene rings is 1. The zero-order valence-corrected chi connectivity index (χ0v) is 11.7.